The first-order valence-electron chi connectivity index (χ1n) is 4.48. The lowest BCUT2D eigenvalue weighted by Gasteiger charge is -2.26. The molecule has 0 aromatic carbocycles. The van der Waals surface area contributed by atoms with Gasteiger partial charge in [0.1, 0.15) is 0 Å². The Kier molecular flexibility index (Phi) is 6.04. The van der Waals surface area contributed by atoms with Crippen molar-refractivity contribution < 1.29 is 8.42 Å². The second-order valence-corrected chi connectivity index (χ2v) is 6.62. The van der Waals surface area contributed by atoms with Crippen molar-refractivity contribution in [3.8, 4) is 0 Å². The topological polar surface area (TPSA) is 40.6 Å². The molecule has 0 bridgehead atoms. The molecule has 6 heteroatoms. The maximum atomic E-state index is 11.7. The first-order valence-corrected chi connectivity index (χ1v) is 7.27. The molecule has 14 heavy (non-hydrogen) atoms. The minimum Gasteiger partial charge on any atom is -0.195 e. The molecule has 0 radical (unpaired) electrons. The van der Waals surface area contributed by atoms with E-state index in [1.807, 2.05) is 13.2 Å². The molecule has 86 valence electrons. The number of nitrogens with zero attached hydrogens (tertiary/aromatic N) is 2. The van der Waals surface area contributed by atoms with Gasteiger partial charge >= 0.3 is 0 Å². The summed E-state index contributed by atoms with van der Waals surface area (Å²) in [5.74, 6) is 0.981. The molecule has 0 amide bonds. The first-order chi connectivity index (χ1) is 6.34. The molecule has 0 aliphatic carbocycles. The van der Waals surface area contributed by atoms with Gasteiger partial charge in [-0.3, -0.25) is 0 Å². The molecule has 1 atom stereocenters. The van der Waals surface area contributed by atoms with Crippen LogP contribution in [0.25, 0.3) is 0 Å². The van der Waals surface area contributed by atoms with Crippen LogP contribution in [0, 0.1) is 0 Å². The van der Waals surface area contributed by atoms with Crippen LogP contribution in [0.4, 0.5) is 0 Å². The fourth-order valence-electron chi connectivity index (χ4n) is 0.955. The Morgan fingerprint density at radius 3 is 2.14 bits per heavy atom. The van der Waals surface area contributed by atoms with Gasteiger partial charge in [-0.1, -0.05) is 0 Å². The van der Waals surface area contributed by atoms with Crippen LogP contribution in [0.15, 0.2) is 0 Å². The predicted molar refractivity (Wildman–Crippen MR) is 62.8 cm³/mol. The second kappa shape index (κ2) is 5.95. The predicted octanol–water partition coefficient (Wildman–Crippen LogP) is 0.866. The minimum atomic E-state index is -3.25. The van der Waals surface area contributed by atoms with Gasteiger partial charge in [0.15, 0.2) is 0 Å². The van der Waals surface area contributed by atoms with E-state index >= 15 is 0 Å². The standard InChI is InChI=1S/C8H20N2O2S2/c1-8(6-7-13-5)10(4)14(11,12)9(2)3/h8H,6-7H2,1-5H3. The summed E-state index contributed by atoms with van der Waals surface area (Å²) in [5, 5.41) is 0. The van der Waals surface area contributed by atoms with Crippen LogP contribution in [0.3, 0.4) is 0 Å². The average molecular weight is 240 g/mol. The van der Waals surface area contributed by atoms with Crippen molar-refractivity contribution in [2.24, 2.45) is 0 Å². The van der Waals surface area contributed by atoms with Crippen molar-refractivity contribution in [2.75, 3.05) is 33.2 Å². The van der Waals surface area contributed by atoms with Gasteiger partial charge in [0.05, 0.1) is 0 Å². The molecule has 0 heterocycles. The second-order valence-electron chi connectivity index (χ2n) is 3.44. The summed E-state index contributed by atoms with van der Waals surface area (Å²) in [6.45, 7) is 1.93. The summed E-state index contributed by atoms with van der Waals surface area (Å²) in [6, 6.07) is 0.0508. The fourth-order valence-corrected chi connectivity index (χ4v) is 2.61. The van der Waals surface area contributed by atoms with Crippen molar-refractivity contribution >= 4 is 22.0 Å². The molecule has 0 saturated carbocycles. The van der Waals surface area contributed by atoms with Gasteiger partial charge in [0, 0.05) is 27.2 Å². The van der Waals surface area contributed by atoms with Gasteiger partial charge in [-0.2, -0.15) is 28.8 Å². The highest BCUT2D eigenvalue weighted by Crippen LogP contribution is 2.11. The monoisotopic (exact) mass is 240 g/mol. The SMILES string of the molecule is CSCCC(C)N(C)S(=O)(=O)N(C)C. The molecule has 4 nitrogen and oxygen atoms in total. The Morgan fingerprint density at radius 2 is 1.79 bits per heavy atom. The minimum absolute atomic E-state index is 0.0508. The highest BCUT2D eigenvalue weighted by Gasteiger charge is 2.24. The third kappa shape index (κ3) is 3.76. The van der Waals surface area contributed by atoms with Crippen LogP contribution in [-0.4, -0.2) is 56.2 Å². The van der Waals surface area contributed by atoms with Gasteiger partial charge in [-0.15, -0.1) is 0 Å². The van der Waals surface area contributed by atoms with Crippen molar-refractivity contribution in [3.05, 3.63) is 0 Å². The quantitative estimate of drug-likeness (QED) is 0.691. The maximum Gasteiger partial charge on any atom is 0.281 e. The van der Waals surface area contributed by atoms with E-state index in [0.29, 0.717) is 0 Å². The van der Waals surface area contributed by atoms with Crippen molar-refractivity contribution in [1.29, 1.82) is 0 Å². The number of thioether (sulfide) groups is 1. The smallest absolute Gasteiger partial charge is 0.195 e. The zero-order valence-corrected chi connectivity index (χ0v) is 11.2. The van der Waals surface area contributed by atoms with Crippen LogP contribution in [0.5, 0.6) is 0 Å². The number of hydrogen-bond acceptors (Lipinski definition) is 3. The van der Waals surface area contributed by atoms with E-state index < -0.39 is 10.2 Å². The lowest BCUT2D eigenvalue weighted by molar-refractivity contribution is 0.353. The van der Waals surface area contributed by atoms with E-state index in [1.165, 1.54) is 8.61 Å². The lowest BCUT2D eigenvalue weighted by Crippen LogP contribution is -2.42. The van der Waals surface area contributed by atoms with Crippen LogP contribution < -0.4 is 0 Å². The molecule has 0 aliphatic heterocycles. The van der Waals surface area contributed by atoms with Gasteiger partial charge < -0.3 is 0 Å². The highest BCUT2D eigenvalue weighted by atomic mass is 32.2. The molecule has 0 N–H and O–H groups in total. The Balaban J connectivity index is 4.38. The van der Waals surface area contributed by atoms with Crippen LogP contribution in [0.1, 0.15) is 13.3 Å². The van der Waals surface area contributed by atoms with E-state index in [0.717, 1.165) is 12.2 Å². The summed E-state index contributed by atoms with van der Waals surface area (Å²) in [6.07, 6.45) is 2.90. The number of rotatable bonds is 6. The van der Waals surface area contributed by atoms with Crippen molar-refractivity contribution in [3.63, 3.8) is 0 Å². The molecule has 0 fully saturated rings. The summed E-state index contributed by atoms with van der Waals surface area (Å²) < 4.78 is 26.0. The lowest BCUT2D eigenvalue weighted by atomic mass is 10.3. The van der Waals surface area contributed by atoms with Crippen molar-refractivity contribution in [2.45, 2.75) is 19.4 Å². The summed E-state index contributed by atoms with van der Waals surface area (Å²) in [7, 11) is 1.47. The van der Waals surface area contributed by atoms with Gasteiger partial charge in [0.2, 0.25) is 0 Å². The third-order valence-corrected chi connectivity index (χ3v) is 4.84. The van der Waals surface area contributed by atoms with E-state index in [9.17, 15) is 8.42 Å². The molecule has 0 spiro atoms. The van der Waals surface area contributed by atoms with Crippen LogP contribution >= 0.6 is 11.8 Å². The molecule has 1 unspecified atom stereocenters. The van der Waals surface area contributed by atoms with Crippen LogP contribution in [0.2, 0.25) is 0 Å². The molecular weight excluding hydrogens is 220 g/mol. The summed E-state index contributed by atoms with van der Waals surface area (Å²) >= 11 is 1.73. The fraction of sp³-hybridized carbons (Fsp3) is 1.00. The van der Waals surface area contributed by atoms with Crippen molar-refractivity contribution in [1.82, 2.24) is 8.61 Å². The molecular formula is C8H20N2O2S2. The van der Waals surface area contributed by atoms with E-state index in [1.54, 1.807) is 32.9 Å². The first kappa shape index (κ1) is 14.2. The zero-order chi connectivity index (χ0) is 11.4. The summed E-state index contributed by atoms with van der Waals surface area (Å²) in [5.41, 5.74) is 0. The Morgan fingerprint density at radius 1 is 1.29 bits per heavy atom. The maximum absolute atomic E-state index is 11.7. The highest BCUT2D eigenvalue weighted by molar-refractivity contribution is 7.98. The molecule has 0 aliphatic rings. The Hall–Kier alpha value is 0.220. The third-order valence-electron chi connectivity index (χ3n) is 2.19. The zero-order valence-electron chi connectivity index (χ0n) is 9.52. The largest absolute Gasteiger partial charge is 0.281 e. The van der Waals surface area contributed by atoms with E-state index in [4.69, 9.17) is 0 Å². The van der Waals surface area contributed by atoms with Crippen LogP contribution in [-0.2, 0) is 10.2 Å². The molecule has 0 saturated heterocycles. The molecule has 0 rings (SSSR count). The average Bonchev–Trinajstić information content (AvgIpc) is 2.12. The summed E-state index contributed by atoms with van der Waals surface area (Å²) in [4.78, 5) is 0. The van der Waals surface area contributed by atoms with E-state index in [-0.39, 0.29) is 6.04 Å². The normalized spacial score (nSPS) is 15.1. The molecule has 0 aromatic heterocycles. The Labute approximate surface area is 91.8 Å². The van der Waals surface area contributed by atoms with Gasteiger partial charge in [0.25, 0.3) is 10.2 Å². The van der Waals surface area contributed by atoms with E-state index in [2.05, 4.69) is 0 Å². The molecule has 0 aromatic rings. The Bertz CT molecular complexity index is 252. The van der Waals surface area contributed by atoms with Gasteiger partial charge in [-0.05, 0) is 25.4 Å². The number of hydrogen-bond donors (Lipinski definition) is 0. The van der Waals surface area contributed by atoms with Gasteiger partial charge in [-0.25, -0.2) is 0 Å².